The molecule has 18 heavy (non-hydrogen) atoms. The van der Waals surface area contributed by atoms with Crippen LogP contribution in [0.25, 0.3) is 0 Å². The van der Waals surface area contributed by atoms with Crippen molar-refractivity contribution < 1.29 is 13.3 Å². The second kappa shape index (κ2) is 5.32. The molecule has 0 aromatic heterocycles. The summed E-state index contributed by atoms with van der Waals surface area (Å²) in [6, 6.07) is 3.56. The minimum atomic E-state index is -3.86. The van der Waals surface area contributed by atoms with Crippen LogP contribution in [0.15, 0.2) is 23.1 Å². The molecule has 0 aliphatic rings. The molecule has 0 radical (unpaired) electrons. The van der Waals surface area contributed by atoms with E-state index in [9.17, 15) is 18.5 Å². The topological polar surface area (TPSA) is 107 Å². The first-order chi connectivity index (χ1) is 8.34. The number of benzene rings is 1. The molecule has 0 saturated heterocycles. The molecule has 0 bridgehead atoms. The van der Waals surface area contributed by atoms with Crippen LogP contribution in [0, 0.1) is 10.1 Å². The highest BCUT2D eigenvalue weighted by Crippen LogP contribution is 2.28. The molecular weight excluding hydrogens is 258 g/mol. The number of nitro benzene ring substituents is 1. The maximum Gasteiger partial charge on any atom is 0.291 e. The maximum atomic E-state index is 12.2. The Morgan fingerprint density at radius 1 is 1.33 bits per heavy atom. The molecule has 0 heterocycles. The summed E-state index contributed by atoms with van der Waals surface area (Å²) < 4.78 is 25.6. The van der Waals surface area contributed by atoms with Gasteiger partial charge in [0.15, 0.2) is 4.90 Å². The first kappa shape index (κ1) is 14.4. The molecule has 0 unspecified atom stereocenters. The van der Waals surface area contributed by atoms with Gasteiger partial charge in [0.25, 0.3) is 5.69 Å². The number of hydrogen-bond donors (Lipinski definition) is 1. The summed E-state index contributed by atoms with van der Waals surface area (Å²) in [6.45, 7) is 3.84. The van der Waals surface area contributed by atoms with Gasteiger partial charge in [0.1, 0.15) is 0 Å². The fourth-order valence-corrected chi connectivity index (χ4v) is 3.19. The standard InChI is InChI=1S/C10H15N3O4S/c1-3-12(4-2)18(16,17)10-6-5-8(11)7-9(10)13(14)15/h5-7H,3-4,11H2,1-2H3. The molecule has 8 heteroatoms. The van der Waals surface area contributed by atoms with Gasteiger partial charge in [0.05, 0.1) is 4.92 Å². The Hall–Kier alpha value is -1.67. The molecule has 2 N–H and O–H groups in total. The molecule has 1 aromatic carbocycles. The molecule has 0 spiro atoms. The Labute approximate surface area is 105 Å². The monoisotopic (exact) mass is 273 g/mol. The van der Waals surface area contributed by atoms with Gasteiger partial charge >= 0.3 is 0 Å². The Balaban J connectivity index is 3.46. The highest BCUT2D eigenvalue weighted by atomic mass is 32.2. The van der Waals surface area contributed by atoms with Crippen molar-refractivity contribution >= 4 is 21.4 Å². The van der Waals surface area contributed by atoms with Crippen molar-refractivity contribution in [3.63, 3.8) is 0 Å². The van der Waals surface area contributed by atoms with Crippen molar-refractivity contribution in [2.24, 2.45) is 0 Å². The zero-order valence-electron chi connectivity index (χ0n) is 10.2. The molecule has 1 rings (SSSR count). The molecule has 0 amide bonds. The average molecular weight is 273 g/mol. The van der Waals surface area contributed by atoms with Crippen LogP contribution < -0.4 is 5.73 Å². The SMILES string of the molecule is CCN(CC)S(=O)(=O)c1ccc(N)cc1[N+](=O)[O-]. The van der Waals surface area contributed by atoms with Gasteiger partial charge in [-0.15, -0.1) is 0 Å². The number of hydrogen-bond acceptors (Lipinski definition) is 5. The van der Waals surface area contributed by atoms with Crippen molar-refractivity contribution in [2.45, 2.75) is 18.7 Å². The maximum absolute atomic E-state index is 12.2. The average Bonchev–Trinajstić information content (AvgIpc) is 2.29. The molecule has 0 aliphatic carbocycles. The molecular formula is C10H15N3O4S. The van der Waals surface area contributed by atoms with E-state index in [1.165, 1.54) is 12.1 Å². The highest BCUT2D eigenvalue weighted by molar-refractivity contribution is 7.89. The van der Waals surface area contributed by atoms with Gasteiger partial charge in [-0.05, 0) is 12.1 Å². The molecule has 7 nitrogen and oxygen atoms in total. The summed E-state index contributed by atoms with van der Waals surface area (Å²) in [5, 5.41) is 10.9. The summed E-state index contributed by atoms with van der Waals surface area (Å²) in [6.07, 6.45) is 0. The zero-order chi connectivity index (χ0) is 13.9. The van der Waals surface area contributed by atoms with E-state index in [0.29, 0.717) is 0 Å². The van der Waals surface area contributed by atoms with Crippen LogP contribution in [-0.2, 0) is 10.0 Å². The number of nitrogen functional groups attached to an aromatic ring is 1. The van der Waals surface area contributed by atoms with Gasteiger partial charge in [0, 0.05) is 24.8 Å². The van der Waals surface area contributed by atoms with E-state index in [0.717, 1.165) is 10.4 Å². The second-order valence-corrected chi connectivity index (χ2v) is 5.48. The van der Waals surface area contributed by atoms with E-state index in [-0.39, 0.29) is 23.7 Å². The summed E-state index contributed by atoms with van der Waals surface area (Å²) >= 11 is 0. The third-order valence-corrected chi connectivity index (χ3v) is 4.60. The summed E-state index contributed by atoms with van der Waals surface area (Å²) in [4.78, 5) is 9.82. The quantitative estimate of drug-likeness (QED) is 0.493. The van der Waals surface area contributed by atoms with Gasteiger partial charge in [-0.3, -0.25) is 10.1 Å². The number of nitrogens with zero attached hydrogens (tertiary/aromatic N) is 2. The smallest absolute Gasteiger partial charge is 0.291 e. The van der Waals surface area contributed by atoms with E-state index in [1.807, 2.05) is 0 Å². The van der Waals surface area contributed by atoms with Gasteiger partial charge in [-0.1, -0.05) is 13.8 Å². The van der Waals surface area contributed by atoms with Crippen LogP contribution in [0.3, 0.4) is 0 Å². The fourth-order valence-electron chi connectivity index (χ4n) is 1.60. The van der Waals surface area contributed by atoms with Crippen LogP contribution in [0.5, 0.6) is 0 Å². The van der Waals surface area contributed by atoms with Crippen molar-refractivity contribution in [1.29, 1.82) is 0 Å². The minimum absolute atomic E-state index is 0.153. The molecule has 100 valence electrons. The van der Waals surface area contributed by atoms with E-state index < -0.39 is 20.6 Å². The summed E-state index contributed by atoms with van der Waals surface area (Å²) in [5.74, 6) is 0. The minimum Gasteiger partial charge on any atom is -0.399 e. The largest absolute Gasteiger partial charge is 0.399 e. The van der Waals surface area contributed by atoms with Crippen LogP contribution in [0.2, 0.25) is 0 Å². The molecule has 0 fully saturated rings. The first-order valence-corrected chi connectivity index (χ1v) is 6.82. The van der Waals surface area contributed by atoms with E-state index in [1.54, 1.807) is 13.8 Å². The van der Waals surface area contributed by atoms with Gasteiger partial charge in [0.2, 0.25) is 10.0 Å². The Bertz CT molecular complexity index is 552. The van der Waals surface area contributed by atoms with Gasteiger partial charge in [-0.25, -0.2) is 8.42 Å². The van der Waals surface area contributed by atoms with E-state index in [2.05, 4.69) is 0 Å². The normalized spacial score (nSPS) is 11.7. The van der Waals surface area contributed by atoms with Crippen molar-refractivity contribution in [3.8, 4) is 0 Å². The van der Waals surface area contributed by atoms with E-state index in [4.69, 9.17) is 5.73 Å². The Morgan fingerprint density at radius 3 is 2.33 bits per heavy atom. The number of sulfonamides is 1. The predicted octanol–water partition coefficient (Wildman–Crippen LogP) is 1.21. The molecule has 0 saturated carbocycles. The van der Waals surface area contributed by atoms with Crippen molar-refractivity contribution in [2.75, 3.05) is 18.8 Å². The summed E-state index contributed by atoms with van der Waals surface area (Å²) in [7, 11) is -3.86. The van der Waals surface area contributed by atoms with Gasteiger partial charge < -0.3 is 5.73 Å². The second-order valence-electron chi connectivity index (χ2n) is 3.57. The van der Waals surface area contributed by atoms with Crippen LogP contribution in [0.4, 0.5) is 11.4 Å². The zero-order valence-corrected chi connectivity index (χ0v) is 11.0. The lowest BCUT2D eigenvalue weighted by molar-refractivity contribution is -0.387. The highest BCUT2D eigenvalue weighted by Gasteiger charge is 2.29. The number of anilines is 1. The lowest BCUT2D eigenvalue weighted by atomic mass is 10.3. The summed E-state index contributed by atoms with van der Waals surface area (Å²) in [5.41, 5.74) is 5.09. The van der Waals surface area contributed by atoms with E-state index >= 15 is 0 Å². The van der Waals surface area contributed by atoms with Crippen LogP contribution in [-0.4, -0.2) is 30.7 Å². The third kappa shape index (κ3) is 2.59. The lowest BCUT2D eigenvalue weighted by Crippen LogP contribution is -2.31. The van der Waals surface area contributed by atoms with Crippen molar-refractivity contribution in [3.05, 3.63) is 28.3 Å². The van der Waals surface area contributed by atoms with Gasteiger partial charge in [-0.2, -0.15) is 4.31 Å². The molecule has 0 atom stereocenters. The Kier molecular flexibility index (Phi) is 4.25. The Morgan fingerprint density at radius 2 is 1.89 bits per heavy atom. The number of nitro groups is 1. The number of rotatable bonds is 5. The molecule has 1 aromatic rings. The van der Waals surface area contributed by atoms with Crippen LogP contribution >= 0.6 is 0 Å². The predicted molar refractivity (Wildman–Crippen MR) is 67.6 cm³/mol. The lowest BCUT2D eigenvalue weighted by Gasteiger charge is -2.18. The fraction of sp³-hybridized carbons (Fsp3) is 0.400. The first-order valence-electron chi connectivity index (χ1n) is 5.38. The van der Waals surface area contributed by atoms with Crippen molar-refractivity contribution in [1.82, 2.24) is 4.31 Å². The molecule has 0 aliphatic heterocycles. The van der Waals surface area contributed by atoms with Crippen LogP contribution in [0.1, 0.15) is 13.8 Å². The number of nitrogens with two attached hydrogens (primary N) is 1. The third-order valence-electron chi connectivity index (χ3n) is 2.50.